The standard InChI is InChI=1S/C19H19BrO4/c1-11-7-12(2)16(5-6-20)15(8-11)9-13-3-4-14(18(21)22)10-17(13)19(23)24/h3-4,7-8,10H,5-6,9H2,1-2H3,(H,21,22)(H,23,24). The Bertz CT molecular complexity index is 796. The molecule has 24 heavy (non-hydrogen) atoms. The van der Waals surface area contributed by atoms with E-state index in [4.69, 9.17) is 5.11 Å². The fraction of sp³-hybridized carbons (Fsp3) is 0.263. The average molecular weight is 391 g/mol. The Kier molecular flexibility index (Phi) is 5.78. The highest BCUT2D eigenvalue weighted by molar-refractivity contribution is 9.09. The Morgan fingerprint density at radius 2 is 1.71 bits per heavy atom. The molecular formula is C19H19BrO4. The first-order valence-corrected chi connectivity index (χ1v) is 8.70. The van der Waals surface area contributed by atoms with Gasteiger partial charge in [0, 0.05) is 5.33 Å². The molecule has 0 aliphatic rings. The van der Waals surface area contributed by atoms with Crippen LogP contribution < -0.4 is 0 Å². The Morgan fingerprint density at radius 3 is 2.29 bits per heavy atom. The quantitative estimate of drug-likeness (QED) is 0.723. The molecule has 5 heteroatoms. The molecule has 0 atom stereocenters. The third kappa shape index (κ3) is 4.03. The molecule has 0 saturated heterocycles. The second kappa shape index (κ2) is 7.62. The van der Waals surface area contributed by atoms with Gasteiger partial charge in [-0.1, -0.05) is 39.7 Å². The van der Waals surface area contributed by atoms with Gasteiger partial charge in [-0.2, -0.15) is 0 Å². The largest absolute Gasteiger partial charge is 0.478 e. The topological polar surface area (TPSA) is 74.6 Å². The maximum Gasteiger partial charge on any atom is 0.336 e. The predicted molar refractivity (Wildman–Crippen MR) is 96.6 cm³/mol. The highest BCUT2D eigenvalue weighted by atomic mass is 79.9. The number of aromatic carboxylic acids is 2. The molecule has 126 valence electrons. The van der Waals surface area contributed by atoms with Crippen LogP contribution in [0.1, 0.15) is 48.5 Å². The molecule has 0 aromatic heterocycles. The van der Waals surface area contributed by atoms with Gasteiger partial charge in [0.05, 0.1) is 11.1 Å². The molecule has 0 aliphatic carbocycles. The van der Waals surface area contributed by atoms with Crippen molar-refractivity contribution in [2.45, 2.75) is 26.7 Å². The summed E-state index contributed by atoms with van der Waals surface area (Å²) in [5.74, 6) is -2.24. The number of hydrogen-bond acceptors (Lipinski definition) is 2. The van der Waals surface area contributed by atoms with Gasteiger partial charge in [0.15, 0.2) is 0 Å². The van der Waals surface area contributed by atoms with Crippen LogP contribution >= 0.6 is 15.9 Å². The lowest BCUT2D eigenvalue weighted by atomic mass is 9.90. The van der Waals surface area contributed by atoms with Crippen molar-refractivity contribution in [3.8, 4) is 0 Å². The number of carbonyl (C=O) groups is 2. The molecule has 2 N–H and O–H groups in total. The van der Waals surface area contributed by atoms with Gasteiger partial charge in [-0.05, 0) is 61.1 Å². The Morgan fingerprint density at radius 1 is 1.00 bits per heavy atom. The van der Waals surface area contributed by atoms with Crippen molar-refractivity contribution < 1.29 is 19.8 Å². The Labute approximate surface area is 149 Å². The molecule has 0 spiro atoms. The van der Waals surface area contributed by atoms with Gasteiger partial charge in [0.25, 0.3) is 0 Å². The van der Waals surface area contributed by atoms with Crippen LogP contribution in [0.5, 0.6) is 0 Å². The van der Waals surface area contributed by atoms with Gasteiger partial charge >= 0.3 is 11.9 Å². The number of alkyl halides is 1. The van der Waals surface area contributed by atoms with Gasteiger partial charge in [-0.15, -0.1) is 0 Å². The van der Waals surface area contributed by atoms with Crippen LogP contribution in [0.4, 0.5) is 0 Å². The summed E-state index contributed by atoms with van der Waals surface area (Å²) in [6.45, 7) is 4.07. The van der Waals surface area contributed by atoms with Crippen LogP contribution in [-0.4, -0.2) is 27.5 Å². The zero-order valence-corrected chi connectivity index (χ0v) is 15.2. The van der Waals surface area contributed by atoms with Crippen LogP contribution in [0.2, 0.25) is 0 Å². The van der Waals surface area contributed by atoms with Gasteiger partial charge in [-0.3, -0.25) is 0 Å². The molecule has 2 aromatic rings. The molecule has 0 amide bonds. The number of hydrogen-bond donors (Lipinski definition) is 2. The van der Waals surface area contributed by atoms with Crippen molar-refractivity contribution in [2.75, 3.05) is 5.33 Å². The third-order valence-corrected chi connectivity index (χ3v) is 4.42. The lowest BCUT2D eigenvalue weighted by Crippen LogP contribution is -2.08. The molecule has 2 rings (SSSR count). The maximum absolute atomic E-state index is 11.5. The smallest absolute Gasteiger partial charge is 0.336 e. The minimum absolute atomic E-state index is 0.0164. The SMILES string of the molecule is Cc1cc(C)c(CCBr)c(Cc2ccc(C(=O)O)cc2C(=O)O)c1. The minimum Gasteiger partial charge on any atom is -0.478 e. The van der Waals surface area contributed by atoms with Crippen molar-refractivity contribution in [1.82, 2.24) is 0 Å². The monoisotopic (exact) mass is 390 g/mol. The summed E-state index contributed by atoms with van der Waals surface area (Å²) < 4.78 is 0. The normalized spacial score (nSPS) is 10.6. The lowest BCUT2D eigenvalue weighted by Gasteiger charge is -2.15. The maximum atomic E-state index is 11.5. The van der Waals surface area contributed by atoms with Crippen molar-refractivity contribution in [2.24, 2.45) is 0 Å². The van der Waals surface area contributed by atoms with E-state index in [1.165, 1.54) is 23.3 Å². The number of carboxylic acids is 2. The summed E-state index contributed by atoms with van der Waals surface area (Å²) in [7, 11) is 0. The number of rotatable bonds is 6. The molecule has 0 bridgehead atoms. The van der Waals surface area contributed by atoms with Crippen molar-refractivity contribution >= 4 is 27.9 Å². The summed E-state index contributed by atoms with van der Waals surface area (Å²) in [5.41, 5.74) is 5.24. The molecule has 0 aliphatic heterocycles. The zero-order valence-electron chi connectivity index (χ0n) is 13.6. The average Bonchev–Trinajstić information content (AvgIpc) is 2.50. The highest BCUT2D eigenvalue weighted by Gasteiger charge is 2.16. The van der Waals surface area contributed by atoms with Crippen LogP contribution in [0.3, 0.4) is 0 Å². The van der Waals surface area contributed by atoms with Crippen LogP contribution in [0.15, 0.2) is 30.3 Å². The van der Waals surface area contributed by atoms with Crippen LogP contribution in [-0.2, 0) is 12.8 Å². The van der Waals surface area contributed by atoms with E-state index in [0.29, 0.717) is 12.0 Å². The minimum atomic E-state index is -1.13. The summed E-state index contributed by atoms with van der Waals surface area (Å²) in [6, 6.07) is 8.47. The van der Waals surface area contributed by atoms with E-state index in [2.05, 4.69) is 35.0 Å². The lowest BCUT2D eigenvalue weighted by molar-refractivity contribution is 0.0695. The third-order valence-electron chi connectivity index (χ3n) is 4.02. The predicted octanol–water partition coefficient (Wildman–Crippen LogP) is 4.23. The number of aryl methyl sites for hydroxylation is 2. The summed E-state index contributed by atoms with van der Waals surface area (Å²) >= 11 is 3.46. The molecule has 0 heterocycles. The van der Waals surface area contributed by atoms with Gasteiger partial charge in [0.1, 0.15) is 0 Å². The fourth-order valence-electron chi connectivity index (χ4n) is 2.96. The van der Waals surface area contributed by atoms with E-state index in [9.17, 15) is 14.7 Å². The van der Waals surface area contributed by atoms with E-state index < -0.39 is 11.9 Å². The summed E-state index contributed by atoms with van der Waals surface area (Å²) in [6.07, 6.45) is 1.32. The summed E-state index contributed by atoms with van der Waals surface area (Å²) in [5, 5.41) is 19.3. The van der Waals surface area contributed by atoms with Gasteiger partial charge < -0.3 is 10.2 Å². The van der Waals surface area contributed by atoms with E-state index in [1.807, 2.05) is 6.92 Å². The molecule has 0 saturated carbocycles. The van der Waals surface area contributed by atoms with E-state index >= 15 is 0 Å². The zero-order chi connectivity index (χ0) is 17.9. The number of halogens is 1. The fourth-order valence-corrected chi connectivity index (χ4v) is 3.36. The van der Waals surface area contributed by atoms with Gasteiger partial charge in [0.2, 0.25) is 0 Å². The molecule has 2 aromatic carbocycles. The van der Waals surface area contributed by atoms with E-state index in [0.717, 1.165) is 22.9 Å². The van der Waals surface area contributed by atoms with Crippen LogP contribution in [0.25, 0.3) is 0 Å². The Hall–Kier alpha value is -2.14. The van der Waals surface area contributed by atoms with Crippen molar-refractivity contribution in [3.63, 3.8) is 0 Å². The molecule has 4 nitrogen and oxygen atoms in total. The van der Waals surface area contributed by atoms with Crippen molar-refractivity contribution in [1.29, 1.82) is 0 Å². The number of benzene rings is 2. The first-order valence-electron chi connectivity index (χ1n) is 7.58. The van der Waals surface area contributed by atoms with E-state index in [1.54, 1.807) is 6.07 Å². The second-order valence-electron chi connectivity index (χ2n) is 5.82. The molecular weight excluding hydrogens is 372 g/mol. The van der Waals surface area contributed by atoms with Crippen molar-refractivity contribution in [3.05, 3.63) is 69.3 Å². The van der Waals surface area contributed by atoms with Crippen LogP contribution in [0, 0.1) is 13.8 Å². The van der Waals surface area contributed by atoms with E-state index in [-0.39, 0.29) is 11.1 Å². The highest BCUT2D eigenvalue weighted by Crippen LogP contribution is 2.24. The molecule has 0 fully saturated rings. The Balaban J connectivity index is 2.51. The summed E-state index contributed by atoms with van der Waals surface area (Å²) in [4.78, 5) is 22.6. The molecule has 0 radical (unpaired) electrons. The first kappa shape index (κ1) is 18.2. The first-order chi connectivity index (χ1) is 11.3. The molecule has 0 unspecified atom stereocenters. The number of carboxylic acid groups (broad SMARTS) is 2. The second-order valence-corrected chi connectivity index (χ2v) is 6.61. The van der Waals surface area contributed by atoms with Gasteiger partial charge in [-0.25, -0.2) is 9.59 Å².